The van der Waals surface area contributed by atoms with Crippen molar-refractivity contribution in [2.75, 3.05) is 12.8 Å². The van der Waals surface area contributed by atoms with Gasteiger partial charge in [0.2, 0.25) is 5.78 Å². The Balaban J connectivity index is 2.06. The lowest BCUT2D eigenvalue weighted by atomic mass is 10.0. The van der Waals surface area contributed by atoms with Crippen molar-refractivity contribution in [3.05, 3.63) is 82.7 Å². The van der Waals surface area contributed by atoms with Crippen LogP contribution < -0.4 is 10.5 Å². The zero-order valence-corrected chi connectivity index (χ0v) is 14.6. The second kappa shape index (κ2) is 7.47. The van der Waals surface area contributed by atoms with E-state index in [-0.39, 0.29) is 22.7 Å². The predicted molar refractivity (Wildman–Crippen MR) is 100 cm³/mol. The van der Waals surface area contributed by atoms with E-state index in [0.29, 0.717) is 23.4 Å². The number of anilines is 1. The van der Waals surface area contributed by atoms with Crippen LogP contribution >= 0.6 is 0 Å². The first-order valence-corrected chi connectivity index (χ1v) is 8.14. The van der Waals surface area contributed by atoms with Crippen LogP contribution in [0.3, 0.4) is 0 Å². The molecule has 2 aromatic carbocycles. The van der Waals surface area contributed by atoms with Gasteiger partial charge in [-0.05, 0) is 30.3 Å². The lowest BCUT2D eigenvalue weighted by Crippen LogP contribution is -2.13. The number of nitrogens with zero attached hydrogens (tertiary/aromatic N) is 3. The minimum Gasteiger partial charge on any atom is -0.496 e. The summed E-state index contributed by atoms with van der Waals surface area (Å²) in [6.07, 6.45) is 1.57. The van der Waals surface area contributed by atoms with Crippen molar-refractivity contribution in [1.29, 1.82) is 10.5 Å². The summed E-state index contributed by atoms with van der Waals surface area (Å²) in [7, 11) is 1.58. The summed E-state index contributed by atoms with van der Waals surface area (Å²) in [5.41, 5.74) is 8.41. The smallest absolute Gasteiger partial charge is 0.211 e. The Morgan fingerprint density at radius 2 is 1.81 bits per heavy atom. The number of ketones is 1. The Kier molecular flexibility index (Phi) is 4.92. The average Bonchev–Trinajstić information content (AvgIpc) is 3.03. The van der Waals surface area contributed by atoms with E-state index in [1.54, 1.807) is 42.1 Å². The van der Waals surface area contributed by atoms with Gasteiger partial charge in [0, 0.05) is 17.3 Å². The number of benzene rings is 2. The molecule has 6 heteroatoms. The highest BCUT2D eigenvalue weighted by atomic mass is 16.5. The lowest BCUT2D eigenvalue weighted by molar-refractivity contribution is 0.103. The molecule has 3 rings (SSSR count). The van der Waals surface area contributed by atoms with Gasteiger partial charge in [0.1, 0.15) is 17.5 Å². The Morgan fingerprint density at radius 3 is 2.44 bits per heavy atom. The van der Waals surface area contributed by atoms with Crippen molar-refractivity contribution < 1.29 is 9.53 Å². The molecule has 0 fully saturated rings. The average molecular weight is 356 g/mol. The molecule has 0 amide bonds. The quantitative estimate of drug-likeness (QED) is 0.707. The first-order valence-electron chi connectivity index (χ1n) is 8.14. The minimum atomic E-state index is -0.312. The van der Waals surface area contributed by atoms with Crippen molar-refractivity contribution in [3.8, 4) is 17.9 Å². The SMILES string of the molecule is COc1ccccc1Cn1cc(C#N)c(N)c1C(=O)c1ccc(C#N)cc1. The van der Waals surface area contributed by atoms with Gasteiger partial charge >= 0.3 is 0 Å². The zero-order chi connectivity index (χ0) is 19.4. The monoisotopic (exact) mass is 356 g/mol. The topological polar surface area (TPSA) is 105 Å². The highest BCUT2D eigenvalue weighted by Gasteiger charge is 2.22. The summed E-state index contributed by atoms with van der Waals surface area (Å²) in [6.45, 7) is 0.327. The number of nitriles is 2. The Morgan fingerprint density at radius 1 is 1.11 bits per heavy atom. The number of rotatable bonds is 5. The van der Waals surface area contributed by atoms with E-state index in [1.807, 2.05) is 36.4 Å². The van der Waals surface area contributed by atoms with Crippen LogP contribution in [0.15, 0.2) is 54.7 Å². The van der Waals surface area contributed by atoms with Crippen LogP contribution in [0.2, 0.25) is 0 Å². The summed E-state index contributed by atoms with van der Waals surface area (Å²) in [5, 5.41) is 18.2. The number of carbonyl (C=O) groups is 1. The van der Waals surface area contributed by atoms with Gasteiger partial charge in [-0.3, -0.25) is 4.79 Å². The number of aromatic nitrogens is 1. The number of methoxy groups -OCH3 is 1. The summed E-state index contributed by atoms with van der Waals surface area (Å²) in [6, 6.07) is 17.8. The summed E-state index contributed by atoms with van der Waals surface area (Å²) >= 11 is 0. The largest absolute Gasteiger partial charge is 0.496 e. The minimum absolute atomic E-state index is 0.141. The fourth-order valence-corrected chi connectivity index (χ4v) is 2.89. The fraction of sp³-hybridized carbons (Fsp3) is 0.0952. The van der Waals surface area contributed by atoms with Gasteiger partial charge in [0.25, 0.3) is 0 Å². The first kappa shape index (κ1) is 17.8. The van der Waals surface area contributed by atoms with E-state index < -0.39 is 0 Å². The molecule has 27 heavy (non-hydrogen) atoms. The molecule has 0 unspecified atom stereocenters. The van der Waals surface area contributed by atoms with Gasteiger partial charge < -0.3 is 15.0 Å². The third kappa shape index (κ3) is 3.37. The number of hydrogen-bond donors (Lipinski definition) is 1. The third-order valence-corrected chi connectivity index (χ3v) is 4.26. The predicted octanol–water partition coefficient (Wildman–Crippen LogP) is 3.10. The molecular formula is C21H16N4O2. The molecule has 0 aliphatic carbocycles. The number of ether oxygens (including phenoxy) is 1. The number of nitrogen functional groups attached to an aromatic ring is 1. The third-order valence-electron chi connectivity index (χ3n) is 4.26. The molecule has 0 saturated carbocycles. The molecule has 1 aromatic heterocycles. The van der Waals surface area contributed by atoms with Crippen molar-refractivity contribution in [2.24, 2.45) is 0 Å². The normalized spacial score (nSPS) is 10.0. The molecule has 0 aliphatic rings. The number of hydrogen-bond acceptors (Lipinski definition) is 5. The summed E-state index contributed by atoms with van der Waals surface area (Å²) in [4.78, 5) is 13.0. The number of para-hydroxylation sites is 1. The molecule has 132 valence electrons. The molecule has 0 saturated heterocycles. The van der Waals surface area contributed by atoms with Gasteiger partial charge in [0.15, 0.2) is 0 Å². The van der Waals surface area contributed by atoms with Crippen molar-refractivity contribution in [3.63, 3.8) is 0 Å². The lowest BCUT2D eigenvalue weighted by Gasteiger charge is -2.12. The number of nitrogens with two attached hydrogens (primary N) is 1. The zero-order valence-electron chi connectivity index (χ0n) is 14.6. The van der Waals surface area contributed by atoms with Gasteiger partial charge in [-0.15, -0.1) is 0 Å². The molecule has 0 bridgehead atoms. The van der Waals surface area contributed by atoms with E-state index >= 15 is 0 Å². The maximum absolute atomic E-state index is 13.0. The highest BCUT2D eigenvalue weighted by Crippen LogP contribution is 2.26. The Hall–Kier alpha value is -4.03. The second-order valence-electron chi connectivity index (χ2n) is 5.87. The standard InChI is InChI=1S/C21H16N4O2/c1-27-18-5-3-2-4-16(18)12-25-13-17(11-23)19(24)20(25)21(26)15-8-6-14(10-22)7-9-15/h2-9,13H,12,24H2,1H3. The van der Waals surface area contributed by atoms with Crippen molar-refractivity contribution in [2.45, 2.75) is 6.54 Å². The maximum atomic E-state index is 13.0. The van der Waals surface area contributed by atoms with Gasteiger partial charge in [-0.1, -0.05) is 18.2 Å². The van der Waals surface area contributed by atoms with E-state index in [2.05, 4.69) is 0 Å². The molecule has 1 heterocycles. The molecule has 0 atom stereocenters. The van der Waals surface area contributed by atoms with Crippen LogP contribution in [0, 0.1) is 22.7 Å². The highest BCUT2D eigenvalue weighted by molar-refractivity contribution is 6.11. The molecule has 2 N–H and O–H groups in total. The van der Waals surface area contributed by atoms with Crippen molar-refractivity contribution >= 4 is 11.5 Å². The molecule has 0 aliphatic heterocycles. The van der Waals surface area contributed by atoms with Crippen LogP contribution in [0.5, 0.6) is 5.75 Å². The van der Waals surface area contributed by atoms with E-state index in [9.17, 15) is 10.1 Å². The molecule has 3 aromatic rings. The van der Waals surface area contributed by atoms with Crippen molar-refractivity contribution in [1.82, 2.24) is 4.57 Å². The molecule has 0 radical (unpaired) electrons. The van der Waals surface area contributed by atoms with Crippen LogP contribution in [-0.4, -0.2) is 17.5 Å². The Bertz CT molecular complexity index is 1080. The van der Waals surface area contributed by atoms with E-state index in [1.165, 1.54) is 0 Å². The van der Waals surface area contributed by atoms with Gasteiger partial charge in [0.05, 0.1) is 36.5 Å². The second-order valence-corrected chi connectivity index (χ2v) is 5.87. The number of carbonyl (C=O) groups excluding carboxylic acids is 1. The molecular weight excluding hydrogens is 340 g/mol. The molecule has 6 nitrogen and oxygen atoms in total. The first-order chi connectivity index (χ1) is 13.1. The van der Waals surface area contributed by atoms with Gasteiger partial charge in [-0.25, -0.2) is 0 Å². The van der Waals surface area contributed by atoms with Crippen LogP contribution in [0.1, 0.15) is 32.7 Å². The molecule has 0 spiro atoms. The van der Waals surface area contributed by atoms with E-state index in [0.717, 1.165) is 5.56 Å². The van der Waals surface area contributed by atoms with Gasteiger partial charge in [-0.2, -0.15) is 10.5 Å². The summed E-state index contributed by atoms with van der Waals surface area (Å²) in [5.74, 6) is 0.369. The van der Waals surface area contributed by atoms with E-state index in [4.69, 9.17) is 15.7 Å². The van der Waals surface area contributed by atoms with Crippen LogP contribution in [0.25, 0.3) is 0 Å². The summed E-state index contributed by atoms with van der Waals surface area (Å²) < 4.78 is 7.03. The Labute approximate surface area is 156 Å². The van der Waals surface area contributed by atoms with Crippen LogP contribution in [-0.2, 0) is 6.54 Å². The maximum Gasteiger partial charge on any atom is 0.211 e. The fourth-order valence-electron chi connectivity index (χ4n) is 2.89. The van der Waals surface area contributed by atoms with Crippen LogP contribution in [0.4, 0.5) is 5.69 Å².